The quantitative estimate of drug-likeness (QED) is 0.102. The third-order valence-corrected chi connectivity index (χ3v) is 11.8. The molecule has 3 aromatic rings. The first kappa shape index (κ1) is 31.0. The van der Waals surface area contributed by atoms with Crippen molar-refractivity contribution in [3.8, 4) is 11.5 Å². The highest BCUT2D eigenvalue weighted by Crippen LogP contribution is 2.68. The fourth-order valence-electron chi connectivity index (χ4n) is 4.79. The van der Waals surface area contributed by atoms with Gasteiger partial charge in [-0.1, -0.05) is 83.4 Å². The molecule has 3 aliphatic heterocycles. The summed E-state index contributed by atoms with van der Waals surface area (Å²) in [6.07, 6.45) is 0. The average molecular weight is 676 g/mol. The van der Waals surface area contributed by atoms with Crippen molar-refractivity contribution in [1.29, 1.82) is 0 Å². The highest BCUT2D eigenvalue weighted by atomic mass is 32.2. The maximum absolute atomic E-state index is 14.2. The minimum absolute atomic E-state index is 0.0532. The second kappa shape index (κ2) is 13.2. The molecule has 13 heteroatoms. The van der Waals surface area contributed by atoms with Gasteiger partial charge in [-0.05, 0) is 45.0 Å². The number of nitrogens with zero attached hydrogens (tertiary/aromatic N) is 3. The summed E-state index contributed by atoms with van der Waals surface area (Å²) in [7, 11) is 0. The Hall–Kier alpha value is -3.96. The number of thioether (sulfide) groups is 4. The van der Waals surface area contributed by atoms with Crippen LogP contribution in [0.5, 0.6) is 11.5 Å². The number of amides is 2. The van der Waals surface area contributed by atoms with Gasteiger partial charge in [-0.3, -0.25) is 14.4 Å². The standard InChI is InChI=1S/C32H25N3O6S4/c1-5-39-22-24-25(23(40-6-2)27-26(22)44-32(45-27)21(33-4)30(38)41-7-3)43-31(42-24)20-28(36)34(18-14-10-8-11-15-18)35(29(20)37)19-16-12-9-13-17-19/h8-17H,5-7H2,1-3H3. The normalized spacial score (nSPS) is 15.3. The monoisotopic (exact) mass is 675 g/mol. The lowest BCUT2D eigenvalue weighted by Crippen LogP contribution is -2.41. The summed E-state index contributed by atoms with van der Waals surface area (Å²) < 4.78 is 18.5. The first-order valence-corrected chi connectivity index (χ1v) is 17.2. The highest BCUT2D eigenvalue weighted by Gasteiger charge is 2.47. The van der Waals surface area contributed by atoms with Crippen LogP contribution in [-0.4, -0.2) is 37.6 Å². The lowest BCUT2D eigenvalue weighted by atomic mass is 10.2. The van der Waals surface area contributed by atoms with E-state index in [1.807, 2.05) is 50.2 Å². The Bertz CT molecular complexity index is 1710. The molecule has 6 rings (SSSR count). The largest absolute Gasteiger partial charge is 0.491 e. The molecule has 0 unspecified atom stereocenters. The summed E-state index contributed by atoms with van der Waals surface area (Å²) in [5.41, 5.74) is 1.08. The molecule has 0 saturated carbocycles. The van der Waals surface area contributed by atoms with Gasteiger partial charge in [0.05, 0.1) is 65.8 Å². The van der Waals surface area contributed by atoms with Crippen molar-refractivity contribution < 1.29 is 28.6 Å². The van der Waals surface area contributed by atoms with Crippen LogP contribution in [0.4, 0.5) is 11.4 Å². The van der Waals surface area contributed by atoms with E-state index in [4.69, 9.17) is 20.8 Å². The molecule has 9 nitrogen and oxygen atoms in total. The average Bonchev–Trinajstić information content (AvgIpc) is 3.74. The molecule has 45 heavy (non-hydrogen) atoms. The number of carbonyl (C=O) groups is 3. The zero-order valence-electron chi connectivity index (χ0n) is 24.3. The van der Waals surface area contributed by atoms with Crippen molar-refractivity contribution in [2.75, 3.05) is 29.8 Å². The minimum atomic E-state index is -0.682. The second-order valence-electron chi connectivity index (χ2n) is 9.28. The molecule has 3 heterocycles. The molecule has 0 radical (unpaired) electrons. The van der Waals surface area contributed by atoms with E-state index in [1.54, 1.807) is 31.2 Å². The molecule has 0 aliphatic carbocycles. The van der Waals surface area contributed by atoms with Gasteiger partial charge in [-0.2, -0.15) is 0 Å². The summed E-state index contributed by atoms with van der Waals surface area (Å²) in [4.78, 5) is 47.2. The molecule has 0 spiro atoms. The van der Waals surface area contributed by atoms with E-state index in [9.17, 15) is 14.4 Å². The number of benzene rings is 3. The highest BCUT2D eigenvalue weighted by molar-refractivity contribution is 8.26. The lowest BCUT2D eigenvalue weighted by Gasteiger charge is -2.27. The molecule has 3 aliphatic rings. The van der Waals surface area contributed by atoms with E-state index in [-0.39, 0.29) is 17.9 Å². The van der Waals surface area contributed by atoms with Crippen LogP contribution in [0.2, 0.25) is 0 Å². The molecule has 2 amide bonds. The number of carbonyl (C=O) groups excluding carboxylic acids is 3. The third kappa shape index (κ3) is 5.46. The number of hydrazine groups is 1. The molecule has 0 N–H and O–H groups in total. The van der Waals surface area contributed by atoms with E-state index >= 15 is 0 Å². The van der Waals surface area contributed by atoms with Crippen molar-refractivity contribution in [1.82, 2.24) is 0 Å². The van der Waals surface area contributed by atoms with Crippen LogP contribution < -0.4 is 19.5 Å². The number of hydrogen-bond donors (Lipinski definition) is 0. The number of ether oxygens (including phenoxy) is 3. The summed E-state index contributed by atoms with van der Waals surface area (Å²) >= 11 is 5.10. The molecule has 1 fully saturated rings. The molecule has 0 atom stereocenters. The molecular formula is C32H25N3O6S4. The van der Waals surface area contributed by atoms with E-state index in [0.29, 0.717) is 64.1 Å². The van der Waals surface area contributed by atoms with E-state index in [2.05, 4.69) is 4.85 Å². The topological polar surface area (TPSA) is 89.7 Å². The lowest BCUT2D eigenvalue weighted by molar-refractivity contribution is -0.138. The van der Waals surface area contributed by atoms with Crippen LogP contribution in [0.15, 0.2) is 100.0 Å². The van der Waals surface area contributed by atoms with Gasteiger partial charge in [0.1, 0.15) is 17.1 Å². The van der Waals surface area contributed by atoms with Gasteiger partial charge < -0.3 is 14.2 Å². The Morgan fingerprint density at radius 1 is 0.711 bits per heavy atom. The first-order chi connectivity index (χ1) is 21.9. The Morgan fingerprint density at radius 2 is 1.16 bits per heavy atom. The SMILES string of the molecule is [C-]#[N+]C(C(=O)OCC)=C1Sc2c(OCC)c3c(c(OCC)c2S1)SC(=C1C(=O)N(c2ccccc2)N(c2ccccc2)C1=O)S3. The smallest absolute Gasteiger partial charge is 0.338 e. The van der Waals surface area contributed by atoms with Crippen molar-refractivity contribution in [3.63, 3.8) is 0 Å². The molecule has 0 bridgehead atoms. The molecule has 228 valence electrons. The predicted octanol–water partition coefficient (Wildman–Crippen LogP) is 7.74. The van der Waals surface area contributed by atoms with Gasteiger partial charge in [0.25, 0.3) is 17.5 Å². The van der Waals surface area contributed by atoms with Crippen LogP contribution in [0, 0.1) is 6.57 Å². The molecule has 0 aromatic heterocycles. The summed E-state index contributed by atoms with van der Waals surface area (Å²) in [5, 5.41) is 2.81. The van der Waals surface area contributed by atoms with E-state index in [0.717, 1.165) is 0 Å². The van der Waals surface area contributed by atoms with Gasteiger partial charge in [-0.25, -0.2) is 14.9 Å². The van der Waals surface area contributed by atoms with Crippen molar-refractivity contribution in [3.05, 3.63) is 91.8 Å². The van der Waals surface area contributed by atoms with Crippen LogP contribution in [0.3, 0.4) is 0 Å². The first-order valence-electron chi connectivity index (χ1n) is 14.0. The Balaban J connectivity index is 1.48. The van der Waals surface area contributed by atoms with Gasteiger partial charge in [-0.15, -0.1) is 0 Å². The van der Waals surface area contributed by atoms with Gasteiger partial charge in [0, 0.05) is 0 Å². The fourth-order valence-corrected chi connectivity index (χ4v) is 10.3. The Kier molecular flexibility index (Phi) is 9.09. The number of fused-ring (bicyclic) bond motifs is 2. The van der Waals surface area contributed by atoms with E-state index < -0.39 is 17.8 Å². The van der Waals surface area contributed by atoms with E-state index in [1.165, 1.54) is 57.1 Å². The predicted molar refractivity (Wildman–Crippen MR) is 177 cm³/mol. The number of para-hydroxylation sites is 2. The van der Waals surface area contributed by atoms with Crippen molar-refractivity contribution in [2.45, 2.75) is 40.4 Å². The number of anilines is 2. The minimum Gasteiger partial charge on any atom is -0.491 e. The zero-order chi connectivity index (χ0) is 31.7. The van der Waals surface area contributed by atoms with Crippen LogP contribution in [0.25, 0.3) is 4.85 Å². The van der Waals surface area contributed by atoms with Gasteiger partial charge in [0.2, 0.25) is 0 Å². The number of hydrogen-bond acceptors (Lipinski definition) is 10. The maximum atomic E-state index is 14.2. The van der Waals surface area contributed by atoms with Gasteiger partial charge in [0.15, 0.2) is 0 Å². The van der Waals surface area contributed by atoms with Crippen LogP contribution in [0.1, 0.15) is 20.8 Å². The molecular weight excluding hydrogens is 651 g/mol. The summed E-state index contributed by atoms with van der Waals surface area (Å²) in [6.45, 7) is 13.9. The Labute approximate surface area is 277 Å². The number of rotatable bonds is 8. The zero-order valence-corrected chi connectivity index (χ0v) is 27.6. The van der Waals surface area contributed by atoms with Crippen LogP contribution in [-0.2, 0) is 19.1 Å². The van der Waals surface area contributed by atoms with Crippen LogP contribution >= 0.6 is 47.0 Å². The summed E-state index contributed by atoms with van der Waals surface area (Å²) in [6, 6.07) is 18.1. The van der Waals surface area contributed by atoms with Crippen molar-refractivity contribution in [2.24, 2.45) is 0 Å². The van der Waals surface area contributed by atoms with Crippen molar-refractivity contribution >= 4 is 76.2 Å². The summed E-state index contributed by atoms with van der Waals surface area (Å²) in [5.74, 6) is -0.452. The van der Waals surface area contributed by atoms with Gasteiger partial charge >= 0.3 is 5.97 Å². The Morgan fingerprint density at radius 3 is 1.56 bits per heavy atom. The molecule has 1 saturated heterocycles. The molecule has 3 aromatic carbocycles. The third-order valence-electron chi connectivity index (χ3n) is 6.59. The second-order valence-corrected chi connectivity index (χ2v) is 13.9. The fraction of sp³-hybridized carbons (Fsp3) is 0.188. The number of esters is 1. The maximum Gasteiger partial charge on any atom is 0.338 e.